The van der Waals surface area contributed by atoms with Crippen molar-refractivity contribution in [3.8, 4) is 0 Å². The molecule has 0 atom stereocenters. The molecule has 20 heavy (non-hydrogen) atoms. The van der Waals surface area contributed by atoms with E-state index in [0.717, 1.165) is 5.56 Å². The number of rotatable bonds is 3. The summed E-state index contributed by atoms with van der Waals surface area (Å²) in [6.45, 7) is 1.97. The Morgan fingerprint density at radius 3 is 2.75 bits per heavy atom. The van der Waals surface area contributed by atoms with E-state index in [1.807, 2.05) is 6.92 Å². The van der Waals surface area contributed by atoms with Crippen LogP contribution >= 0.6 is 11.6 Å². The molecule has 0 aliphatic heterocycles. The van der Waals surface area contributed by atoms with Crippen molar-refractivity contribution >= 4 is 29.1 Å². The van der Waals surface area contributed by atoms with E-state index in [9.17, 15) is 9.59 Å². The number of anilines is 1. The fraction of sp³-hybridized carbons (Fsp3) is 0.143. The van der Waals surface area contributed by atoms with Crippen LogP contribution in [0.15, 0.2) is 41.0 Å². The van der Waals surface area contributed by atoms with E-state index in [2.05, 4.69) is 10.6 Å². The van der Waals surface area contributed by atoms with E-state index in [1.54, 1.807) is 30.3 Å². The van der Waals surface area contributed by atoms with Crippen molar-refractivity contribution in [2.75, 3.05) is 5.32 Å². The lowest BCUT2D eigenvalue weighted by atomic mass is 10.2. The zero-order valence-electron chi connectivity index (χ0n) is 10.8. The second kappa shape index (κ2) is 6.25. The average Bonchev–Trinajstić information content (AvgIpc) is 2.93. The van der Waals surface area contributed by atoms with Gasteiger partial charge in [0.05, 0.1) is 12.8 Å². The minimum Gasteiger partial charge on any atom is -0.467 e. The topological polar surface area (TPSA) is 71.3 Å². The van der Waals surface area contributed by atoms with E-state index >= 15 is 0 Å². The Balaban J connectivity index is 1.93. The number of halogens is 1. The van der Waals surface area contributed by atoms with Gasteiger partial charge in [0.25, 0.3) is 0 Å². The monoisotopic (exact) mass is 292 g/mol. The van der Waals surface area contributed by atoms with Crippen LogP contribution in [0.1, 0.15) is 11.3 Å². The Hall–Kier alpha value is -2.27. The highest BCUT2D eigenvalue weighted by molar-refractivity contribution is 6.39. The Morgan fingerprint density at radius 2 is 2.05 bits per heavy atom. The summed E-state index contributed by atoms with van der Waals surface area (Å²) in [4.78, 5) is 23.4. The van der Waals surface area contributed by atoms with Crippen LogP contribution in [-0.4, -0.2) is 11.8 Å². The van der Waals surface area contributed by atoms with Crippen LogP contribution in [0.5, 0.6) is 0 Å². The third-order valence-electron chi connectivity index (χ3n) is 2.66. The smallest absolute Gasteiger partial charge is 0.313 e. The molecule has 0 unspecified atom stereocenters. The summed E-state index contributed by atoms with van der Waals surface area (Å²) in [5, 5.41) is 5.46. The van der Waals surface area contributed by atoms with Gasteiger partial charge in [0.2, 0.25) is 0 Å². The Labute approximate surface area is 120 Å². The zero-order chi connectivity index (χ0) is 14.5. The first-order valence-corrected chi connectivity index (χ1v) is 6.32. The molecular formula is C14H13ClN2O3. The van der Waals surface area contributed by atoms with Crippen molar-refractivity contribution in [3.63, 3.8) is 0 Å². The number of benzene rings is 1. The fourth-order valence-electron chi connectivity index (χ4n) is 1.57. The molecule has 2 amide bonds. The molecule has 2 N–H and O–H groups in total. The Kier molecular flexibility index (Phi) is 4.42. The number of amides is 2. The summed E-state index contributed by atoms with van der Waals surface area (Å²) in [6, 6.07) is 8.48. The minimum absolute atomic E-state index is 0.160. The summed E-state index contributed by atoms with van der Waals surface area (Å²) < 4.78 is 5.05. The van der Waals surface area contributed by atoms with Gasteiger partial charge in [0.1, 0.15) is 5.76 Å². The van der Waals surface area contributed by atoms with Crippen molar-refractivity contribution in [2.45, 2.75) is 13.5 Å². The highest BCUT2D eigenvalue weighted by Gasteiger charge is 2.14. The molecule has 1 aromatic heterocycles. The van der Waals surface area contributed by atoms with Gasteiger partial charge in [-0.3, -0.25) is 9.59 Å². The normalized spacial score (nSPS) is 10.1. The lowest BCUT2D eigenvalue weighted by Crippen LogP contribution is -2.35. The highest BCUT2D eigenvalue weighted by Crippen LogP contribution is 2.19. The van der Waals surface area contributed by atoms with Crippen molar-refractivity contribution in [3.05, 3.63) is 52.9 Å². The van der Waals surface area contributed by atoms with Crippen molar-refractivity contribution < 1.29 is 14.0 Å². The van der Waals surface area contributed by atoms with Gasteiger partial charge in [0, 0.05) is 10.7 Å². The molecule has 2 rings (SSSR count). The number of nitrogens with one attached hydrogen (secondary N) is 2. The largest absolute Gasteiger partial charge is 0.467 e. The zero-order valence-corrected chi connectivity index (χ0v) is 11.5. The number of furan rings is 1. The van der Waals surface area contributed by atoms with E-state index in [4.69, 9.17) is 16.0 Å². The quantitative estimate of drug-likeness (QED) is 0.854. The summed E-state index contributed by atoms with van der Waals surface area (Å²) in [7, 11) is 0. The molecule has 0 saturated heterocycles. The van der Waals surface area contributed by atoms with Crippen LogP contribution in [0.25, 0.3) is 0 Å². The number of carbonyl (C=O) groups excluding carboxylic acids is 2. The first-order valence-electron chi connectivity index (χ1n) is 5.94. The summed E-state index contributed by atoms with van der Waals surface area (Å²) >= 11 is 5.84. The maximum atomic E-state index is 11.7. The van der Waals surface area contributed by atoms with Gasteiger partial charge in [-0.2, -0.15) is 0 Å². The molecule has 104 valence electrons. The van der Waals surface area contributed by atoms with Crippen LogP contribution in [0.4, 0.5) is 5.69 Å². The number of hydrogen-bond acceptors (Lipinski definition) is 3. The van der Waals surface area contributed by atoms with Gasteiger partial charge in [-0.05, 0) is 36.8 Å². The van der Waals surface area contributed by atoms with Crippen molar-refractivity contribution in [2.24, 2.45) is 0 Å². The second-order valence-electron chi connectivity index (χ2n) is 4.18. The van der Waals surface area contributed by atoms with Gasteiger partial charge in [-0.25, -0.2) is 0 Å². The average molecular weight is 293 g/mol. The Bertz CT molecular complexity index is 623. The van der Waals surface area contributed by atoms with Gasteiger partial charge in [0.15, 0.2) is 0 Å². The molecule has 1 aromatic carbocycles. The molecule has 0 aliphatic carbocycles. The van der Waals surface area contributed by atoms with E-state index in [0.29, 0.717) is 16.5 Å². The first-order chi connectivity index (χ1) is 9.56. The molecule has 0 radical (unpaired) electrons. The third-order valence-corrected chi connectivity index (χ3v) is 2.89. The van der Waals surface area contributed by atoms with Gasteiger partial charge in [-0.15, -0.1) is 0 Å². The number of hydrogen-bond donors (Lipinski definition) is 2. The third kappa shape index (κ3) is 3.61. The summed E-state index contributed by atoms with van der Waals surface area (Å²) in [5.41, 5.74) is 1.33. The molecule has 2 aromatic rings. The van der Waals surface area contributed by atoms with Crippen LogP contribution in [-0.2, 0) is 16.1 Å². The first kappa shape index (κ1) is 14.1. The molecule has 0 spiro atoms. The molecule has 1 heterocycles. The van der Waals surface area contributed by atoms with Crippen LogP contribution in [0.3, 0.4) is 0 Å². The van der Waals surface area contributed by atoms with Crippen LogP contribution in [0.2, 0.25) is 5.02 Å². The van der Waals surface area contributed by atoms with Crippen LogP contribution < -0.4 is 10.6 Å². The molecule has 0 saturated carbocycles. The van der Waals surface area contributed by atoms with Gasteiger partial charge in [-0.1, -0.05) is 17.7 Å². The maximum Gasteiger partial charge on any atom is 0.313 e. The minimum atomic E-state index is -0.748. The molecule has 0 fully saturated rings. The molecular weight excluding hydrogens is 280 g/mol. The lowest BCUT2D eigenvalue weighted by molar-refractivity contribution is -0.136. The van der Waals surface area contributed by atoms with Gasteiger partial charge < -0.3 is 15.1 Å². The fourth-order valence-corrected chi connectivity index (χ4v) is 1.74. The van der Waals surface area contributed by atoms with E-state index in [-0.39, 0.29) is 6.54 Å². The van der Waals surface area contributed by atoms with Crippen LogP contribution in [0, 0.1) is 6.92 Å². The van der Waals surface area contributed by atoms with Crippen molar-refractivity contribution in [1.29, 1.82) is 0 Å². The number of carbonyl (C=O) groups is 2. The van der Waals surface area contributed by atoms with Crippen molar-refractivity contribution in [1.82, 2.24) is 5.32 Å². The maximum absolute atomic E-state index is 11.7. The molecule has 5 nitrogen and oxygen atoms in total. The van der Waals surface area contributed by atoms with Gasteiger partial charge >= 0.3 is 11.8 Å². The lowest BCUT2D eigenvalue weighted by Gasteiger charge is -2.08. The SMILES string of the molecule is Cc1ccc(Cl)cc1NC(=O)C(=O)NCc1ccco1. The van der Waals surface area contributed by atoms with E-state index in [1.165, 1.54) is 6.26 Å². The predicted molar refractivity (Wildman–Crippen MR) is 75.4 cm³/mol. The summed E-state index contributed by atoms with van der Waals surface area (Å²) in [6.07, 6.45) is 1.50. The number of aryl methyl sites for hydroxylation is 1. The standard InChI is InChI=1S/C14H13ClN2O3/c1-9-4-5-10(15)7-12(9)17-14(19)13(18)16-8-11-3-2-6-20-11/h2-7H,8H2,1H3,(H,16,18)(H,17,19). The molecule has 6 heteroatoms. The molecule has 0 bridgehead atoms. The second-order valence-corrected chi connectivity index (χ2v) is 4.61. The Morgan fingerprint density at radius 1 is 1.25 bits per heavy atom. The summed E-state index contributed by atoms with van der Waals surface area (Å²) in [5.74, 6) is -0.909. The molecule has 0 aliphatic rings. The highest BCUT2D eigenvalue weighted by atomic mass is 35.5. The van der Waals surface area contributed by atoms with E-state index < -0.39 is 11.8 Å². The predicted octanol–water partition coefficient (Wildman–Crippen LogP) is 2.50.